The maximum atomic E-state index is 10.3. The summed E-state index contributed by atoms with van der Waals surface area (Å²) in [6.07, 6.45) is 0.656. The topological polar surface area (TPSA) is 38.7 Å². The summed E-state index contributed by atoms with van der Waals surface area (Å²) < 4.78 is 11.4. The molecular weight excluding hydrogens is 307 g/mol. The Morgan fingerprint density at radius 3 is 2.52 bits per heavy atom. The van der Waals surface area contributed by atoms with Crippen molar-refractivity contribution in [3.05, 3.63) is 65.7 Å². The van der Waals surface area contributed by atoms with Gasteiger partial charge in [0.2, 0.25) is 0 Å². The SMILES string of the molecule is CCO[P+](C)(O)CC(C)c1cccc(OCc2ccccc2)c1. The van der Waals surface area contributed by atoms with Gasteiger partial charge in [0.25, 0.3) is 7.72 Å². The van der Waals surface area contributed by atoms with Gasteiger partial charge in [-0.25, -0.2) is 9.42 Å². The van der Waals surface area contributed by atoms with Crippen molar-refractivity contribution in [1.82, 2.24) is 0 Å². The van der Waals surface area contributed by atoms with Crippen molar-refractivity contribution in [3.63, 3.8) is 0 Å². The monoisotopic (exact) mass is 333 g/mol. The zero-order valence-corrected chi connectivity index (χ0v) is 15.0. The van der Waals surface area contributed by atoms with Crippen LogP contribution in [0.1, 0.15) is 30.9 Å². The standard InChI is InChI=1S/C19H26O3P/c1-4-22-23(3,20)15-16(2)18-11-8-12-19(13-18)21-14-17-9-6-5-7-10-17/h5-13,16,20H,4,14-15H2,1-3H3/q+1. The van der Waals surface area contributed by atoms with Crippen LogP contribution in [0, 0.1) is 0 Å². The smallest absolute Gasteiger partial charge is 0.269 e. The first-order valence-corrected chi connectivity index (χ1v) is 10.3. The van der Waals surface area contributed by atoms with E-state index >= 15 is 0 Å². The first kappa shape index (κ1) is 17.9. The van der Waals surface area contributed by atoms with Crippen LogP contribution in [-0.2, 0) is 11.1 Å². The van der Waals surface area contributed by atoms with Crippen molar-refractivity contribution < 1.29 is 14.2 Å². The Morgan fingerprint density at radius 1 is 1.09 bits per heavy atom. The van der Waals surface area contributed by atoms with E-state index in [9.17, 15) is 4.89 Å². The summed E-state index contributed by atoms with van der Waals surface area (Å²) in [6.45, 7) is 6.96. The summed E-state index contributed by atoms with van der Waals surface area (Å²) in [5.41, 5.74) is 2.31. The van der Waals surface area contributed by atoms with E-state index in [1.165, 1.54) is 0 Å². The molecule has 2 unspecified atom stereocenters. The Balaban J connectivity index is 1.98. The first-order valence-electron chi connectivity index (χ1n) is 7.99. The van der Waals surface area contributed by atoms with Crippen molar-refractivity contribution in [1.29, 1.82) is 0 Å². The molecule has 2 aromatic rings. The van der Waals surface area contributed by atoms with Gasteiger partial charge < -0.3 is 4.74 Å². The van der Waals surface area contributed by atoms with Gasteiger partial charge in [-0.2, -0.15) is 0 Å². The number of rotatable bonds is 8. The summed E-state index contributed by atoms with van der Waals surface area (Å²) >= 11 is 0. The van der Waals surface area contributed by atoms with Gasteiger partial charge in [-0.15, -0.1) is 0 Å². The third-order valence-corrected chi connectivity index (χ3v) is 5.73. The van der Waals surface area contributed by atoms with Crippen LogP contribution in [0.3, 0.4) is 0 Å². The summed E-state index contributed by atoms with van der Waals surface area (Å²) in [4.78, 5) is 10.3. The molecule has 0 amide bonds. The highest BCUT2D eigenvalue weighted by Gasteiger charge is 2.33. The summed E-state index contributed by atoms with van der Waals surface area (Å²) in [6, 6.07) is 18.2. The molecule has 0 heterocycles. The quantitative estimate of drug-likeness (QED) is 0.700. The van der Waals surface area contributed by atoms with Crippen LogP contribution in [0.15, 0.2) is 54.6 Å². The van der Waals surface area contributed by atoms with Gasteiger partial charge in [0.15, 0.2) is 0 Å². The fraction of sp³-hybridized carbons (Fsp3) is 0.368. The molecule has 0 saturated heterocycles. The molecule has 0 radical (unpaired) electrons. The molecule has 2 atom stereocenters. The maximum absolute atomic E-state index is 10.3. The van der Waals surface area contributed by atoms with E-state index in [-0.39, 0.29) is 5.92 Å². The van der Waals surface area contributed by atoms with Crippen LogP contribution in [0.25, 0.3) is 0 Å². The summed E-state index contributed by atoms with van der Waals surface area (Å²) in [7, 11) is -2.28. The molecule has 2 aromatic carbocycles. The molecule has 0 spiro atoms. The van der Waals surface area contributed by atoms with Crippen molar-refractivity contribution in [2.45, 2.75) is 26.4 Å². The molecule has 2 rings (SSSR count). The van der Waals surface area contributed by atoms with Gasteiger partial charge in [-0.05, 0) is 30.2 Å². The summed E-state index contributed by atoms with van der Waals surface area (Å²) in [5.74, 6) is 1.08. The normalized spacial score (nSPS) is 15.0. The Morgan fingerprint density at radius 2 is 1.83 bits per heavy atom. The lowest BCUT2D eigenvalue weighted by Crippen LogP contribution is -2.08. The Bertz CT molecular complexity index is 599. The second kappa shape index (κ2) is 8.44. The highest BCUT2D eigenvalue weighted by Crippen LogP contribution is 2.54. The summed E-state index contributed by atoms with van der Waals surface area (Å²) in [5, 5.41) is 0. The lowest BCUT2D eigenvalue weighted by Gasteiger charge is -2.18. The molecular formula is C19H26O3P+. The highest BCUT2D eigenvalue weighted by atomic mass is 31.2. The van der Waals surface area contributed by atoms with Crippen LogP contribution < -0.4 is 4.74 Å². The third-order valence-electron chi connectivity index (χ3n) is 3.70. The molecule has 0 bridgehead atoms. The van der Waals surface area contributed by atoms with Gasteiger partial charge >= 0.3 is 0 Å². The number of ether oxygens (including phenoxy) is 1. The fourth-order valence-corrected chi connectivity index (χ4v) is 4.48. The van der Waals surface area contributed by atoms with Crippen LogP contribution in [0.4, 0.5) is 0 Å². The van der Waals surface area contributed by atoms with Crippen LogP contribution >= 0.6 is 7.72 Å². The van der Waals surface area contributed by atoms with Crippen molar-refractivity contribution in [2.24, 2.45) is 0 Å². The second-order valence-electron chi connectivity index (χ2n) is 5.90. The van der Waals surface area contributed by atoms with Crippen molar-refractivity contribution in [3.8, 4) is 5.75 Å². The molecule has 0 aliphatic rings. The fourth-order valence-electron chi connectivity index (χ4n) is 2.60. The van der Waals surface area contributed by atoms with E-state index in [0.717, 1.165) is 16.9 Å². The minimum Gasteiger partial charge on any atom is -0.489 e. The minimum atomic E-state index is -2.28. The molecule has 124 valence electrons. The zero-order chi connectivity index (χ0) is 16.7. The Kier molecular flexibility index (Phi) is 6.59. The van der Waals surface area contributed by atoms with Gasteiger partial charge in [0, 0.05) is 5.92 Å². The number of benzene rings is 2. The molecule has 3 nitrogen and oxygen atoms in total. The Hall–Kier alpha value is -1.41. The van der Waals surface area contributed by atoms with E-state index < -0.39 is 7.72 Å². The Labute approximate surface area is 139 Å². The molecule has 23 heavy (non-hydrogen) atoms. The highest BCUT2D eigenvalue weighted by molar-refractivity contribution is 7.64. The molecule has 0 aromatic heterocycles. The largest absolute Gasteiger partial charge is 0.489 e. The predicted octanol–water partition coefficient (Wildman–Crippen LogP) is 4.88. The number of hydrogen-bond donors (Lipinski definition) is 1. The lowest BCUT2D eigenvalue weighted by molar-refractivity contribution is 0.305. The van der Waals surface area contributed by atoms with Crippen molar-refractivity contribution >= 4 is 7.72 Å². The lowest BCUT2D eigenvalue weighted by atomic mass is 10.0. The van der Waals surface area contributed by atoms with E-state index in [1.54, 1.807) is 0 Å². The molecule has 4 heteroatoms. The van der Waals surface area contributed by atoms with Crippen LogP contribution in [0.2, 0.25) is 0 Å². The molecule has 0 saturated carbocycles. The predicted molar refractivity (Wildman–Crippen MR) is 97.2 cm³/mol. The molecule has 0 aliphatic carbocycles. The van der Waals surface area contributed by atoms with Gasteiger partial charge in [0.05, 0.1) is 6.61 Å². The molecule has 1 N–H and O–H groups in total. The van der Waals surface area contributed by atoms with Crippen LogP contribution in [0.5, 0.6) is 5.75 Å². The van der Waals surface area contributed by atoms with Gasteiger partial charge in [-0.3, -0.25) is 0 Å². The first-order chi connectivity index (χ1) is 11.0. The van der Waals surface area contributed by atoms with Crippen molar-refractivity contribution in [2.75, 3.05) is 19.4 Å². The van der Waals surface area contributed by atoms with E-state index in [0.29, 0.717) is 19.4 Å². The van der Waals surface area contributed by atoms with Gasteiger partial charge in [0.1, 0.15) is 25.2 Å². The molecule has 0 fully saturated rings. The van der Waals surface area contributed by atoms with Crippen LogP contribution in [-0.4, -0.2) is 24.3 Å². The average molecular weight is 333 g/mol. The average Bonchev–Trinajstić information content (AvgIpc) is 2.53. The number of hydrogen-bond acceptors (Lipinski definition) is 3. The third kappa shape index (κ3) is 5.95. The zero-order valence-electron chi connectivity index (χ0n) is 14.1. The maximum Gasteiger partial charge on any atom is 0.269 e. The van der Waals surface area contributed by atoms with E-state index in [4.69, 9.17) is 9.26 Å². The minimum absolute atomic E-state index is 0.227. The van der Waals surface area contributed by atoms with Gasteiger partial charge in [-0.1, -0.05) is 49.4 Å². The van der Waals surface area contributed by atoms with E-state index in [2.05, 4.69) is 31.2 Å². The molecule has 0 aliphatic heterocycles. The second-order valence-corrected chi connectivity index (χ2v) is 8.62. The van der Waals surface area contributed by atoms with E-state index in [1.807, 2.05) is 43.9 Å².